The minimum Gasteiger partial charge on any atom is -0.228 e. The number of nitriles is 1. The molecule has 0 saturated heterocycles. The molecule has 0 saturated carbocycles. The van der Waals surface area contributed by atoms with E-state index >= 15 is 8.78 Å². The Bertz CT molecular complexity index is 1190. The molecule has 2 atom stereocenters. The van der Waals surface area contributed by atoms with Gasteiger partial charge in [0.05, 0.1) is 12.4 Å². The number of aromatic nitrogens is 4. The van der Waals surface area contributed by atoms with Gasteiger partial charge in [0.2, 0.25) is 5.67 Å². The predicted octanol–water partition coefficient (Wildman–Crippen LogP) is 4.19. The van der Waals surface area contributed by atoms with E-state index in [2.05, 4.69) is 15.1 Å². The molecule has 0 fully saturated rings. The van der Waals surface area contributed by atoms with E-state index < -0.39 is 29.0 Å². The molecule has 4 rings (SSSR count). The van der Waals surface area contributed by atoms with E-state index in [0.29, 0.717) is 6.20 Å². The van der Waals surface area contributed by atoms with Gasteiger partial charge >= 0.3 is 6.18 Å². The summed E-state index contributed by atoms with van der Waals surface area (Å²) >= 11 is 0. The molecule has 1 aromatic carbocycles. The third kappa shape index (κ3) is 3.04. The van der Waals surface area contributed by atoms with Crippen molar-refractivity contribution in [1.82, 2.24) is 19.6 Å². The molecule has 2 aromatic heterocycles. The van der Waals surface area contributed by atoms with Gasteiger partial charge in [-0.05, 0) is 23.8 Å². The number of halogens is 5. The van der Waals surface area contributed by atoms with Crippen LogP contribution < -0.4 is 0 Å². The molecule has 2 heterocycles. The molecule has 2 unspecified atom stereocenters. The Morgan fingerprint density at radius 2 is 1.76 bits per heavy atom. The van der Waals surface area contributed by atoms with Gasteiger partial charge in [-0.15, -0.1) is 0 Å². The maximum absolute atomic E-state index is 15.8. The second kappa shape index (κ2) is 6.20. The predicted molar refractivity (Wildman–Crippen MR) is 91.6 cm³/mol. The molecular formula is C19H10F5N5. The summed E-state index contributed by atoms with van der Waals surface area (Å²) in [5.41, 5.74) is -6.57. The van der Waals surface area contributed by atoms with Crippen molar-refractivity contribution in [3.8, 4) is 6.07 Å². The smallest absolute Gasteiger partial charge is 0.228 e. The van der Waals surface area contributed by atoms with Crippen molar-refractivity contribution < 1.29 is 22.0 Å². The number of alkyl halides is 5. The monoisotopic (exact) mass is 403 g/mol. The van der Waals surface area contributed by atoms with Crippen molar-refractivity contribution in [2.75, 3.05) is 0 Å². The summed E-state index contributed by atoms with van der Waals surface area (Å²) in [5.74, 6) is -0.465. The van der Waals surface area contributed by atoms with Gasteiger partial charge in [0.25, 0.3) is 5.78 Å². The first kappa shape index (κ1) is 18.7. The lowest BCUT2D eigenvalue weighted by atomic mass is 9.81. The van der Waals surface area contributed by atoms with Gasteiger partial charge in [-0.1, -0.05) is 30.3 Å². The van der Waals surface area contributed by atoms with Crippen molar-refractivity contribution in [3.05, 3.63) is 77.9 Å². The Kier molecular flexibility index (Phi) is 4.01. The summed E-state index contributed by atoms with van der Waals surface area (Å²) in [5, 5.41) is 12.9. The number of nitrogens with zero attached hydrogens (tertiary/aromatic N) is 5. The van der Waals surface area contributed by atoms with E-state index in [0.717, 1.165) is 28.9 Å². The van der Waals surface area contributed by atoms with Gasteiger partial charge in [-0.3, -0.25) is 0 Å². The molecule has 3 aromatic rings. The lowest BCUT2D eigenvalue weighted by molar-refractivity contribution is -0.141. The maximum atomic E-state index is 15.8. The van der Waals surface area contributed by atoms with Crippen LogP contribution in [0.1, 0.15) is 17.0 Å². The van der Waals surface area contributed by atoms with Gasteiger partial charge in [0.15, 0.2) is 11.4 Å². The highest BCUT2D eigenvalue weighted by molar-refractivity contribution is 5.80. The Balaban J connectivity index is 1.87. The Morgan fingerprint density at radius 3 is 2.41 bits per heavy atom. The number of fused-ring (bicyclic) bond motifs is 1. The highest BCUT2D eigenvalue weighted by atomic mass is 19.4. The summed E-state index contributed by atoms with van der Waals surface area (Å²) in [7, 11) is 0. The first-order valence-corrected chi connectivity index (χ1v) is 8.23. The van der Waals surface area contributed by atoms with E-state index in [1.54, 1.807) is 18.2 Å². The average molecular weight is 403 g/mol. The lowest BCUT2D eigenvalue weighted by Crippen LogP contribution is -2.30. The fourth-order valence-electron chi connectivity index (χ4n) is 3.03. The van der Waals surface area contributed by atoms with E-state index in [-0.39, 0.29) is 16.8 Å². The molecule has 1 aliphatic rings. The van der Waals surface area contributed by atoms with Gasteiger partial charge in [-0.25, -0.2) is 18.7 Å². The molecule has 0 N–H and O–H groups in total. The molecule has 5 nitrogen and oxygen atoms in total. The molecule has 29 heavy (non-hydrogen) atoms. The molecule has 146 valence electrons. The Morgan fingerprint density at radius 1 is 1.03 bits per heavy atom. The largest absolute Gasteiger partial charge is 0.435 e. The van der Waals surface area contributed by atoms with Crippen molar-refractivity contribution in [1.29, 1.82) is 5.26 Å². The molecule has 10 heteroatoms. The van der Waals surface area contributed by atoms with Crippen molar-refractivity contribution in [3.63, 3.8) is 0 Å². The summed E-state index contributed by atoms with van der Waals surface area (Å²) in [6.07, 6.45) is -0.840. The van der Waals surface area contributed by atoms with Crippen LogP contribution in [0.3, 0.4) is 0 Å². The summed E-state index contributed by atoms with van der Waals surface area (Å²) in [4.78, 5) is 7.04. The standard InChI is InChI=1S/C19H10F5N5/c20-17(15-10-26-16-28-14(19(22,23)24)9-27-29(15)16)6-7-18(21,11-25)13(8-17)12-4-2-1-3-5-12/h1-10H. The van der Waals surface area contributed by atoms with E-state index in [4.69, 9.17) is 0 Å². The topological polar surface area (TPSA) is 66.9 Å². The zero-order valence-corrected chi connectivity index (χ0v) is 14.4. The Hall–Kier alpha value is -3.61. The second-order valence-electron chi connectivity index (χ2n) is 6.34. The van der Waals surface area contributed by atoms with Gasteiger partial charge < -0.3 is 0 Å². The third-order valence-corrected chi connectivity index (χ3v) is 4.47. The van der Waals surface area contributed by atoms with Crippen molar-refractivity contribution in [2.24, 2.45) is 0 Å². The molecule has 1 aliphatic carbocycles. The third-order valence-electron chi connectivity index (χ3n) is 4.47. The molecule has 0 radical (unpaired) electrons. The fraction of sp³-hybridized carbons (Fsp3) is 0.158. The number of hydrogen-bond donors (Lipinski definition) is 0. The van der Waals surface area contributed by atoms with Crippen LogP contribution in [-0.4, -0.2) is 25.3 Å². The van der Waals surface area contributed by atoms with Crippen LogP contribution in [0.2, 0.25) is 0 Å². The summed E-state index contributed by atoms with van der Waals surface area (Å²) in [6, 6.07) is 9.42. The molecule has 0 amide bonds. The molecule has 0 bridgehead atoms. The second-order valence-corrected chi connectivity index (χ2v) is 6.34. The van der Waals surface area contributed by atoms with Gasteiger partial charge in [0, 0.05) is 5.57 Å². The van der Waals surface area contributed by atoms with Crippen LogP contribution in [0.15, 0.2) is 61.0 Å². The van der Waals surface area contributed by atoms with Crippen LogP contribution in [0, 0.1) is 11.3 Å². The molecule has 0 aliphatic heterocycles. The van der Waals surface area contributed by atoms with Crippen LogP contribution in [0.5, 0.6) is 0 Å². The Labute approximate surface area is 160 Å². The van der Waals surface area contributed by atoms with Crippen LogP contribution in [0.4, 0.5) is 22.0 Å². The normalized spacial score (nSPS) is 24.3. The van der Waals surface area contributed by atoms with E-state index in [1.807, 2.05) is 0 Å². The summed E-state index contributed by atoms with van der Waals surface area (Å²) < 4.78 is 70.1. The lowest BCUT2D eigenvalue weighted by Gasteiger charge is -2.28. The fourth-order valence-corrected chi connectivity index (χ4v) is 3.03. The maximum Gasteiger partial charge on any atom is 0.435 e. The van der Waals surface area contributed by atoms with Gasteiger partial charge in [-0.2, -0.15) is 28.0 Å². The number of rotatable bonds is 2. The van der Waals surface area contributed by atoms with E-state index in [1.165, 1.54) is 18.2 Å². The highest BCUT2D eigenvalue weighted by Gasteiger charge is 2.44. The van der Waals surface area contributed by atoms with Crippen LogP contribution >= 0.6 is 0 Å². The van der Waals surface area contributed by atoms with Crippen LogP contribution in [-0.2, 0) is 11.8 Å². The van der Waals surface area contributed by atoms with Crippen LogP contribution in [0.25, 0.3) is 11.4 Å². The molecular weight excluding hydrogens is 393 g/mol. The first-order chi connectivity index (χ1) is 13.7. The minimum atomic E-state index is -4.74. The zero-order valence-electron chi connectivity index (χ0n) is 14.4. The van der Waals surface area contributed by atoms with Crippen molar-refractivity contribution in [2.45, 2.75) is 17.5 Å². The average Bonchev–Trinajstić information content (AvgIpc) is 3.14. The first-order valence-electron chi connectivity index (χ1n) is 8.23. The number of imidazole rings is 1. The zero-order chi connectivity index (χ0) is 20.9. The number of hydrogen-bond acceptors (Lipinski definition) is 4. The van der Waals surface area contributed by atoms with Crippen molar-refractivity contribution >= 4 is 11.4 Å². The highest BCUT2D eigenvalue weighted by Crippen LogP contribution is 2.43. The SMILES string of the molecule is N#CC1(F)C=CC(F)(c2cnc3nc(C(F)(F)F)cnn23)C=C1c1ccccc1. The number of allylic oxidation sites excluding steroid dienone is 4. The summed E-state index contributed by atoms with van der Waals surface area (Å²) in [6.45, 7) is 0. The number of benzene rings is 1. The van der Waals surface area contributed by atoms with E-state index in [9.17, 15) is 18.4 Å². The quantitative estimate of drug-likeness (QED) is 0.475. The minimum absolute atomic E-state index is 0.236. The van der Waals surface area contributed by atoms with Gasteiger partial charge in [0.1, 0.15) is 11.8 Å². The molecule has 0 spiro atoms.